The number of hydrogen-bond acceptors (Lipinski definition) is 5. The van der Waals surface area contributed by atoms with Crippen LogP contribution in [0.3, 0.4) is 0 Å². The Labute approximate surface area is 180 Å². The van der Waals surface area contributed by atoms with E-state index in [4.69, 9.17) is 27.9 Å². The van der Waals surface area contributed by atoms with E-state index in [-0.39, 0.29) is 38.5 Å². The normalized spacial score (nSPS) is 15.9. The monoisotopic (exact) mass is 459 g/mol. The van der Waals surface area contributed by atoms with Crippen molar-refractivity contribution in [2.75, 3.05) is 10.6 Å². The van der Waals surface area contributed by atoms with Crippen LogP contribution in [0.15, 0.2) is 24.5 Å². The quantitative estimate of drug-likeness (QED) is 0.672. The number of rotatable bonds is 4. The second kappa shape index (κ2) is 8.23. The van der Waals surface area contributed by atoms with Gasteiger partial charge >= 0.3 is 6.61 Å². The van der Waals surface area contributed by atoms with Crippen LogP contribution in [-0.4, -0.2) is 29.5 Å². The van der Waals surface area contributed by atoms with Gasteiger partial charge in [-0.1, -0.05) is 44.0 Å². The fraction of sp³-hybridized carbons (Fsp3) is 0.316. The van der Waals surface area contributed by atoms with Crippen molar-refractivity contribution in [3.8, 4) is 11.5 Å². The van der Waals surface area contributed by atoms with Gasteiger partial charge in [0.15, 0.2) is 17.6 Å². The summed E-state index contributed by atoms with van der Waals surface area (Å²) in [5.74, 6) is -1.72. The lowest BCUT2D eigenvalue weighted by Gasteiger charge is -2.35. The minimum Gasteiger partial charge on any atom is -0.474 e. The average molecular weight is 460 g/mol. The van der Waals surface area contributed by atoms with E-state index < -0.39 is 29.9 Å². The molecular weight excluding hydrogens is 443 g/mol. The highest BCUT2D eigenvalue weighted by Crippen LogP contribution is 2.44. The number of aromatic nitrogens is 1. The van der Waals surface area contributed by atoms with Crippen LogP contribution in [0.2, 0.25) is 10.0 Å². The summed E-state index contributed by atoms with van der Waals surface area (Å²) in [5, 5.41) is 5.28. The minimum atomic E-state index is -3.13. The van der Waals surface area contributed by atoms with Crippen molar-refractivity contribution in [1.82, 2.24) is 4.98 Å². The van der Waals surface area contributed by atoms with E-state index in [1.807, 2.05) is 0 Å². The van der Waals surface area contributed by atoms with Gasteiger partial charge in [-0.2, -0.15) is 8.78 Å². The van der Waals surface area contributed by atoms with Crippen molar-refractivity contribution >= 4 is 46.4 Å². The SMILES string of the molecule is CC(C)(C)C1Oc2c(OC(F)F)ccc(C(=O)Nc3c(Cl)cncc3Cl)c2NC1=O. The Morgan fingerprint density at radius 1 is 1.27 bits per heavy atom. The van der Waals surface area contributed by atoms with Crippen LogP contribution in [0.4, 0.5) is 20.2 Å². The number of carbonyl (C=O) groups excluding carboxylic acids is 2. The summed E-state index contributed by atoms with van der Waals surface area (Å²) in [7, 11) is 0. The summed E-state index contributed by atoms with van der Waals surface area (Å²) in [4.78, 5) is 29.2. The summed E-state index contributed by atoms with van der Waals surface area (Å²) in [5.41, 5.74) is -0.704. The van der Waals surface area contributed by atoms with Crippen LogP contribution >= 0.6 is 23.2 Å². The molecule has 1 aliphatic heterocycles. The maximum Gasteiger partial charge on any atom is 0.387 e. The zero-order valence-electron chi connectivity index (χ0n) is 16.1. The van der Waals surface area contributed by atoms with Gasteiger partial charge in [0.05, 0.1) is 21.3 Å². The molecule has 1 aromatic carbocycles. The molecule has 0 spiro atoms. The summed E-state index contributed by atoms with van der Waals surface area (Å²) in [6.45, 7) is 2.12. The van der Waals surface area contributed by atoms with Gasteiger partial charge in [-0.3, -0.25) is 14.6 Å². The van der Waals surface area contributed by atoms with E-state index in [0.29, 0.717) is 0 Å². The van der Waals surface area contributed by atoms with Crippen molar-refractivity contribution < 1.29 is 27.8 Å². The molecule has 0 radical (unpaired) electrons. The van der Waals surface area contributed by atoms with Crippen LogP contribution in [-0.2, 0) is 4.79 Å². The zero-order chi connectivity index (χ0) is 22.2. The highest BCUT2D eigenvalue weighted by molar-refractivity contribution is 6.39. The van der Waals surface area contributed by atoms with Gasteiger partial charge in [0.25, 0.3) is 11.8 Å². The van der Waals surface area contributed by atoms with Gasteiger partial charge in [0, 0.05) is 17.8 Å². The Balaban J connectivity index is 2.05. The average Bonchev–Trinajstić information content (AvgIpc) is 2.63. The number of nitrogens with zero attached hydrogens (tertiary/aromatic N) is 1. The van der Waals surface area contributed by atoms with E-state index >= 15 is 0 Å². The molecule has 0 bridgehead atoms. The number of halogens is 4. The van der Waals surface area contributed by atoms with E-state index in [1.54, 1.807) is 20.8 Å². The Bertz CT molecular complexity index is 992. The lowest BCUT2D eigenvalue weighted by Crippen LogP contribution is -2.46. The first kappa shape index (κ1) is 22.0. The van der Waals surface area contributed by atoms with Gasteiger partial charge < -0.3 is 20.1 Å². The van der Waals surface area contributed by atoms with Crippen LogP contribution in [0.5, 0.6) is 11.5 Å². The number of pyridine rings is 1. The van der Waals surface area contributed by atoms with Crippen molar-refractivity contribution in [2.45, 2.75) is 33.5 Å². The molecule has 160 valence electrons. The van der Waals surface area contributed by atoms with Gasteiger partial charge in [-0.15, -0.1) is 0 Å². The van der Waals surface area contributed by atoms with Crippen LogP contribution < -0.4 is 20.1 Å². The third kappa shape index (κ3) is 4.41. The summed E-state index contributed by atoms with van der Waals surface area (Å²) < 4.78 is 35.9. The van der Waals surface area contributed by atoms with Gasteiger partial charge in [0.1, 0.15) is 5.69 Å². The third-order valence-electron chi connectivity index (χ3n) is 4.18. The maximum atomic E-state index is 12.9. The molecule has 0 fully saturated rings. The molecule has 2 amide bonds. The molecular formula is C19H17Cl2F2N3O4. The lowest BCUT2D eigenvalue weighted by molar-refractivity contribution is -0.128. The molecule has 7 nitrogen and oxygen atoms in total. The number of benzene rings is 1. The molecule has 0 saturated carbocycles. The molecule has 30 heavy (non-hydrogen) atoms. The Kier molecular flexibility index (Phi) is 6.05. The Hall–Kier alpha value is -2.65. The van der Waals surface area contributed by atoms with Crippen LogP contribution in [0.1, 0.15) is 31.1 Å². The smallest absolute Gasteiger partial charge is 0.387 e. The number of ether oxygens (including phenoxy) is 2. The highest BCUT2D eigenvalue weighted by Gasteiger charge is 2.40. The number of alkyl halides is 2. The van der Waals surface area contributed by atoms with E-state index in [2.05, 4.69) is 20.4 Å². The topological polar surface area (TPSA) is 89.6 Å². The molecule has 1 aromatic heterocycles. The minimum absolute atomic E-state index is 0.0590. The molecule has 2 aromatic rings. The molecule has 1 atom stereocenters. The molecule has 0 saturated heterocycles. The third-order valence-corrected chi connectivity index (χ3v) is 4.76. The van der Waals surface area contributed by atoms with E-state index in [1.165, 1.54) is 18.5 Å². The number of hydrogen-bond donors (Lipinski definition) is 2. The maximum absolute atomic E-state index is 12.9. The summed E-state index contributed by atoms with van der Waals surface area (Å²) >= 11 is 12.0. The lowest BCUT2D eigenvalue weighted by atomic mass is 9.87. The predicted molar refractivity (Wildman–Crippen MR) is 108 cm³/mol. The first-order valence-electron chi connectivity index (χ1n) is 8.68. The second-order valence-corrected chi connectivity index (χ2v) is 8.29. The fourth-order valence-corrected chi connectivity index (χ4v) is 3.28. The summed E-state index contributed by atoms with van der Waals surface area (Å²) in [6.07, 6.45) is 1.58. The van der Waals surface area contributed by atoms with Crippen molar-refractivity contribution in [3.63, 3.8) is 0 Å². The predicted octanol–water partition coefficient (Wildman–Crippen LogP) is 4.99. The number of fused-ring (bicyclic) bond motifs is 1. The number of anilines is 2. The standard InChI is InChI=1S/C19H17Cl2F2N3O4/c1-19(2,3)15-17(28)25-12-8(4-5-11(14(12)30-15)29-18(22)23)16(27)26-13-9(20)6-24-7-10(13)21/h4-7,15,18H,1-3H3,(H,25,28)(H,24,26,27). The number of nitrogens with one attached hydrogen (secondary N) is 2. The van der Waals surface area contributed by atoms with Crippen molar-refractivity contribution in [2.24, 2.45) is 5.41 Å². The van der Waals surface area contributed by atoms with E-state index in [0.717, 1.165) is 6.07 Å². The van der Waals surface area contributed by atoms with E-state index in [9.17, 15) is 18.4 Å². The van der Waals surface area contributed by atoms with Crippen LogP contribution in [0.25, 0.3) is 0 Å². The first-order valence-corrected chi connectivity index (χ1v) is 9.44. The molecule has 3 rings (SSSR count). The van der Waals surface area contributed by atoms with Gasteiger partial charge in [-0.25, -0.2) is 0 Å². The number of carbonyl (C=O) groups is 2. The molecule has 0 aliphatic carbocycles. The Morgan fingerprint density at radius 3 is 2.47 bits per heavy atom. The van der Waals surface area contributed by atoms with Gasteiger partial charge in [0.2, 0.25) is 0 Å². The number of amides is 2. The van der Waals surface area contributed by atoms with Gasteiger partial charge in [-0.05, 0) is 12.1 Å². The largest absolute Gasteiger partial charge is 0.474 e. The van der Waals surface area contributed by atoms with Crippen molar-refractivity contribution in [3.05, 3.63) is 40.1 Å². The molecule has 1 aliphatic rings. The molecule has 2 N–H and O–H groups in total. The Morgan fingerprint density at radius 2 is 1.90 bits per heavy atom. The van der Waals surface area contributed by atoms with Crippen molar-refractivity contribution in [1.29, 1.82) is 0 Å². The molecule has 2 heterocycles. The first-order chi connectivity index (χ1) is 14.0. The van der Waals surface area contributed by atoms with Crippen LogP contribution in [0, 0.1) is 5.41 Å². The highest BCUT2D eigenvalue weighted by atomic mass is 35.5. The second-order valence-electron chi connectivity index (χ2n) is 7.48. The molecule has 1 unspecified atom stereocenters. The summed E-state index contributed by atoms with van der Waals surface area (Å²) in [6, 6.07) is 2.38. The fourth-order valence-electron chi connectivity index (χ4n) is 2.82. The zero-order valence-corrected chi connectivity index (χ0v) is 17.6. The molecule has 11 heteroatoms.